The molecule has 0 spiro atoms. The predicted molar refractivity (Wildman–Crippen MR) is 94.9 cm³/mol. The highest BCUT2D eigenvalue weighted by atomic mass is 32.2. The van der Waals surface area contributed by atoms with Crippen LogP contribution < -0.4 is 5.32 Å². The summed E-state index contributed by atoms with van der Waals surface area (Å²) < 4.78 is 23.7. The van der Waals surface area contributed by atoms with Crippen molar-refractivity contribution in [3.05, 3.63) is 54.1 Å². The summed E-state index contributed by atoms with van der Waals surface area (Å²) in [5.74, 6) is 0.132. The summed E-state index contributed by atoms with van der Waals surface area (Å²) in [5.41, 5.74) is 0.700. The Morgan fingerprint density at radius 3 is 2.54 bits per heavy atom. The number of hydrogen-bond acceptors (Lipinski definition) is 5. The molecule has 0 saturated carbocycles. The van der Waals surface area contributed by atoms with Gasteiger partial charge < -0.3 is 5.32 Å². The SMILES string of the molecule is CS(=O)(=O)c1ccccc1C(=O)Nc1ccccc1SCCC#N. The van der Waals surface area contributed by atoms with Gasteiger partial charge in [-0.05, 0) is 24.3 Å². The standard InChI is InChI=1S/C17H16N2O3S2/c1-24(21,22)16-10-5-2-7-13(16)17(20)19-14-8-3-4-9-15(14)23-12-6-11-18/h2-5,7-10H,6,12H2,1H3,(H,19,20). The minimum absolute atomic E-state index is 0.00267. The zero-order valence-corrected chi connectivity index (χ0v) is 14.7. The molecule has 0 aliphatic carbocycles. The molecular weight excluding hydrogens is 344 g/mol. The molecule has 2 aromatic carbocycles. The van der Waals surface area contributed by atoms with E-state index in [-0.39, 0.29) is 10.5 Å². The Labute approximate surface area is 145 Å². The number of carbonyl (C=O) groups is 1. The van der Waals surface area contributed by atoms with Gasteiger partial charge in [0.25, 0.3) is 5.91 Å². The Kier molecular flexibility index (Phi) is 6.01. The van der Waals surface area contributed by atoms with Crippen LogP contribution in [-0.4, -0.2) is 26.3 Å². The number of anilines is 1. The van der Waals surface area contributed by atoms with Crippen molar-refractivity contribution in [1.82, 2.24) is 0 Å². The average Bonchev–Trinajstić information content (AvgIpc) is 2.56. The van der Waals surface area contributed by atoms with Crippen LogP contribution in [0.4, 0.5) is 5.69 Å². The van der Waals surface area contributed by atoms with Crippen molar-refractivity contribution in [2.24, 2.45) is 0 Å². The molecule has 2 rings (SSSR count). The fourth-order valence-electron chi connectivity index (χ4n) is 2.07. The van der Waals surface area contributed by atoms with Gasteiger partial charge in [0, 0.05) is 23.3 Å². The van der Waals surface area contributed by atoms with E-state index in [1.807, 2.05) is 12.1 Å². The largest absolute Gasteiger partial charge is 0.321 e. The molecule has 1 amide bonds. The van der Waals surface area contributed by atoms with E-state index in [0.29, 0.717) is 17.9 Å². The van der Waals surface area contributed by atoms with Crippen LogP contribution in [0.1, 0.15) is 16.8 Å². The molecule has 5 nitrogen and oxygen atoms in total. The van der Waals surface area contributed by atoms with Crippen LogP contribution in [0.15, 0.2) is 58.3 Å². The highest BCUT2D eigenvalue weighted by Crippen LogP contribution is 2.28. The topological polar surface area (TPSA) is 87.0 Å². The number of amides is 1. The first-order valence-electron chi connectivity index (χ1n) is 7.12. The molecule has 1 N–H and O–H groups in total. The number of nitriles is 1. The fraction of sp³-hybridized carbons (Fsp3) is 0.176. The molecule has 0 aliphatic heterocycles. The Balaban J connectivity index is 2.27. The molecule has 0 aliphatic rings. The molecule has 0 aromatic heterocycles. The summed E-state index contributed by atoms with van der Waals surface area (Å²) in [4.78, 5) is 13.4. The van der Waals surface area contributed by atoms with Gasteiger partial charge in [-0.15, -0.1) is 11.8 Å². The maximum atomic E-state index is 12.5. The number of sulfone groups is 1. The van der Waals surface area contributed by atoms with Gasteiger partial charge in [0.1, 0.15) is 0 Å². The highest BCUT2D eigenvalue weighted by Gasteiger charge is 2.18. The van der Waals surface area contributed by atoms with Gasteiger partial charge in [0.2, 0.25) is 0 Å². The number of nitrogens with zero attached hydrogens (tertiary/aromatic N) is 1. The van der Waals surface area contributed by atoms with Gasteiger partial charge in [-0.1, -0.05) is 24.3 Å². The number of para-hydroxylation sites is 1. The van der Waals surface area contributed by atoms with Gasteiger partial charge in [0.15, 0.2) is 9.84 Å². The third-order valence-electron chi connectivity index (χ3n) is 3.14. The van der Waals surface area contributed by atoms with Gasteiger partial charge in [-0.2, -0.15) is 5.26 Å². The molecule has 24 heavy (non-hydrogen) atoms. The lowest BCUT2D eigenvalue weighted by Gasteiger charge is -2.12. The smallest absolute Gasteiger partial charge is 0.257 e. The molecule has 7 heteroatoms. The summed E-state index contributed by atoms with van der Waals surface area (Å²) in [7, 11) is -3.50. The predicted octanol–water partition coefficient (Wildman–Crippen LogP) is 3.35. The molecule has 0 bridgehead atoms. The van der Waals surface area contributed by atoms with Crippen LogP contribution >= 0.6 is 11.8 Å². The van der Waals surface area contributed by atoms with E-state index in [1.54, 1.807) is 24.3 Å². The van der Waals surface area contributed by atoms with Crippen LogP contribution in [0.3, 0.4) is 0 Å². The molecule has 0 radical (unpaired) electrons. The molecule has 0 atom stereocenters. The zero-order chi connectivity index (χ0) is 17.6. The first-order valence-corrected chi connectivity index (χ1v) is 10.0. The van der Waals surface area contributed by atoms with Crippen molar-refractivity contribution in [1.29, 1.82) is 5.26 Å². The summed E-state index contributed by atoms with van der Waals surface area (Å²) >= 11 is 1.46. The molecule has 2 aromatic rings. The van der Waals surface area contributed by atoms with Gasteiger partial charge in [-0.25, -0.2) is 8.42 Å². The van der Waals surface area contributed by atoms with Crippen LogP contribution in [0, 0.1) is 11.3 Å². The van der Waals surface area contributed by atoms with Crippen LogP contribution in [0.5, 0.6) is 0 Å². The van der Waals surface area contributed by atoms with Crippen molar-refractivity contribution in [2.75, 3.05) is 17.3 Å². The maximum absolute atomic E-state index is 12.5. The minimum atomic E-state index is -3.50. The zero-order valence-electron chi connectivity index (χ0n) is 13.0. The number of rotatable bonds is 6. The average molecular weight is 360 g/mol. The fourth-order valence-corrected chi connectivity index (χ4v) is 3.82. The number of thioether (sulfide) groups is 1. The number of hydrogen-bond donors (Lipinski definition) is 1. The van der Waals surface area contributed by atoms with Crippen molar-refractivity contribution in [3.63, 3.8) is 0 Å². The summed E-state index contributed by atoms with van der Waals surface area (Å²) in [6.07, 6.45) is 1.48. The van der Waals surface area contributed by atoms with E-state index >= 15 is 0 Å². The van der Waals surface area contributed by atoms with E-state index in [9.17, 15) is 13.2 Å². The van der Waals surface area contributed by atoms with E-state index in [0.717, 1.165) is 11.2 Å². The van der Waals surface area contributed by atoms with Crippen LogP contribution in [0.2, 0.25) is 0 Å². The minimum Gasteiger partial charge on any atom is -0.321 e. The molecule has 0 unspecified atom stereocenters. The Morgan fingerprint density at radius 2 is 1.83 bits per heavy atom. The quantitative estimate of drug-likeness (QED) is 0.630. The van der Waals surface area contributed by atoms with Crippen molar-refractivity contribution >= 4 is 33.2 Å². The Hall–Kier alpha value is -2.30. The number of carbonyl (C=O) groups excluding carboxylic acids is 1. The molecule has 124 valence electrons. The monoisotopic (exact) mass is 360 g/mol. The molecule has 0 heterocycles. The van der Waals surface area contributed by atoms with E-state index in [1.165, 1.54) is 23.9 Å². The lowest BCUT2D eigenvalue weighted by Crippen LogP contribution is -2.16. The lowest BCUT2D eigenvalue weighted by molar-refractivity contribution is 0.102. The lowest BCUT2D eigenvalue weighted by atomic mass is 10.2. The van der Waals surface area contributed by atoms with Crippen molar-refractivity contribution in [3.8, 4) is 6.07 Å². The third kappa shape index (κ3) is 4.60. The Morgan fingerprint density at radius 1 is 1.17 bits per heavy atom. The van der Waals surface area contributed by atoms with Gasteiger partial charge in [0.05, 0.1) is 22.2 Å². The van der Waals surface area contributed by atoms with Crippen LogP contribution in [-0.2, 0) is 9.84 Å². The van der Waals surface area contributed by atoms with E-state index in [4.69, 9.17) is 5.26 Å². The van der Waals surface area contributed by atoms with Crippen LogP contribution in [0.25, 0.3) is 0 Å². The third-order valence-corrected chi connectivity index (χ3v) is 5.37. The second-order valence-corrected chi connectivity index (χ2v) is 8.10. The second-order valence-electron chi connectivity index (χ2n) is 4.98. The number of nitrogens with one attached hydrogen (secondary N) is 1. The molecule has 0 saturated heterocycles. The normalized spacial score (nSPS) is 10.8. The van der Waals surface area contributed by atoms with Crippen molar-refractivity contribution < 1.29 is 13.2 Å². The van der Waals surface area contributed by atoms with E-state index < -0.39 is 15.7 Å². The highest BCUT2D eigenvalue weighted by molar-refractivity contribution is 7.99. The summed E-state index contributed by atoms with van der Waals surface area (Å²) in [6, 6.07) is 15.4. The van der Waals surface area contributed by atoms with Gasteiger partial charge in [-0.3, -0.25) is 4.79 Å². The van der Waals surface area contributed by atoms with E-state index in [2.05, 4.69) is 11.4 Å². The second kappa shape index (κ2) is 7.99. The van der Waals surface area contributed by atoms with Gasteiger partial charge >= 0.3 is 0 Å². The van der Waals surface area contributed by atoms with Crippen molar-refractivity contribution in [2.45, 2.75) is 16.2 Å². The maximum Gasteiger partial charge on any atom is 0.257 e. The Bertz CT molecular complexity index is 887. The first kappa shape index (κ1) is 18.0. The first-order chi connectivity index (χ1) is 11.4. The number of benzene rings is 2. The molecule has 0 fully saturated rings. The molecular formula is C17H16N2O3S2. The summed E-state index contributed by atoms with van der Waals surface area (Å²) in [6.45, 7) is 0. The summed E-state index contributed by atoms with van der Waals surface area (Å²) in [5, 5.41) is 11.4.